The van der Waals surface area contributed by atoms with E-state index in [1.807, 2.05) is 7.05 Å². The van der Waals surface area contributed by atoms with Gasteiger partial charge >= 0.3 is 0 Å². The Bertz CT molecular complexity index is 214. The predicted octanol–water partition coefficient (Wildman–Crippen LogP) is 2.25. The van der Waals surface area contributed by atoms with Gasteiger partial charge in [0.15, 0.2) is 0 Å². The second kappa shape index (κ2) is 6.89. The second-order valence-corrected chi connectivity index (χ2v) is 5.66. The zero-order valence-corrected chi connectivity index (χ0v) is 11.7. The number of hydrogen-bond donors (Lipinski definition) is 1. The molecule has 0 aromatic carbocycles. The Kier molecular flexibility index (Phi) is 6.65. The molecule has 0 spiro atoms. The van der Waals surface area contributed by atoms with Crippen molar-refractivity contribution in [1.29, 1.82) is 0 Å². The van der Waals surface area contributed by atoms with Crippen molar-refractivity contribution >= 4 is 5.91 Å². The van der Waals surface area contributed by atoms with Crippen molar-refractivity contribution < 1.29 is 4.79 Å². The Hall–Kier alpha value is -0.570. The molecule has 3 nitrogen and oxygen atoms in total. The predicted molar refractivity (Wildman–Crippen MR) is 69.1 cm³/mol. The van der Waals surface area contributed by atoms with Crippen molar-refractivity contribution in [3.05, 3.63) is 0 Å². The van der Waals surface area contributed by atoms with Crippen molar-refractivity contribution in [1.82, 2.24) is 4.90 Å². The van der Waals surface area contributed by atoms with Crippen LogP contribution in [-0.2, 0) is 4.79 Å². The summed E-state index contributed by atoms with van der Waals surface area (Å²) in [5.41, 5.74) is 5.90. The maximum absolute atomic E-state index is 12.0. The van der Waals surface area contributed by atoms with E-state index in [0.717, 1.165) is 12.8 Å². The van der Waals surface area contributed by atoms with Crippen LogP contribution in [0.5, 0.6) is 0 Å². The molecule has 2 unspecified atom stereocenters. The van der Waals surface area contributed by atoms with E-state index in [4.69, 9.17) is 5.73 Å². The van der Waals surface area contributed by atoms with E-state index in [9.17, 15) is 4.79 Å². The van der Waals surface area contributed by atoms with Crippen molar-refractivity contribution in [2.75, 3.05) is 7.05 Å². The molecule has 0 aliphatic heterocycles. The lowest BCUT2D eigenvalue weighted by Crippen LogP contribution is -2.46. The highest BCUT2D eigenvalue weighted by molar-refractivity contribution is 5.81. The molecular formula is C13H28N2O. The van der Waals surface area contributed by atoms with Gasteiger partial charge in [-0.2, -0.15) is 0 Å². The van der Waals surface area contributed by atoms with E-state index < -0.39 is 0 Å². The third-order valence-corrected chi connectivity index (χ3v) is 2.86. The standard InChI is InChI=1S/C13H28N2O/c1-9(2)7-11(5)15(6)13(16)12(14)8-10(3)4/h9-12H,7-8,14H2,1-6H3. The first-order chi connectivity index (χ1) is 7.25. The van der Waals surface area contributed by atoms with Crippen molar-refractivity contribution in [2.24, 2.45) is 17.6 Å². The fourth-order valence-corrected chi connectivity index (χ4v) is 1.93. The van der Waals surface area contributed by atoms with E-state index in [0.29, 0.717) is 11.8 Å². The van der Waals surface area contributed by atoms with Crippen molar-refractivity contribution in [3.63, 3.8) is 0 Å². The summed E-state index contributed by atoms with van der Waals surface area (Å²) in [5, 5.41) is 0. The van der Waals surface area contributed by atoms with Gasteiger partial charge in [0.2, 0.25) is 5.91 Å². The molecule has 16 heavy (non-hydrogen) atoms. The van der Waals surface area contributed by atoms with Gasteiger partial charge in [0.1, 0.15) is 0 Å². The smallest absolute Gasteiger partial charge is 0.239 e. The van der Waals surface area contributed by atoms with Gasteiger partial charge in [-0.15, -0.1) is 0 Å². The maximum Gasteiger partial charge on any atom is 0.239 e. The normalized spacial score (nSPS) is 15.3. The Morgan fingerprint density at radius 1 is 1.06 bits per heavy atom. The molecule has 96 valence electrons. The Morgan fingerprint density at radius 3 is 1.88 bits per heavy atom. The van der Waals surface area contributed by atoms with Crippen LogP contribution in [-0.4, -0.2) is 29.9 Å². The summed E-state index contributed by atoms with van der Waals surface area (Å²) < 4.78 is 0. The monoisotopic (exact) mass is 228 g/mol. The highest BCUT2D eigenvalue weighted by Crippen LogP contribution is 2.12. The summed E-state index contributed by atoms with van der Waals surface area (Å²) in [6.45, 7) is 10.6. The van der Waals surface area contributed by atoms with Crippen LogP contribution < -0.4 is 5.73 Å². The summed E-state index contributed by atoms with van der Waals surface area (Å²) in [6, 6.07) is -0.0784. The SMILES string of the molecule is CC(C)CC(N)C(=O)N(C)C(C)CC(C)C. The fraction of sp³-hybridized carbons (Fsp3) is 0.923. The molecule has 2 atom stereocenters. The molecule has 0 rings (SSSR count). The number of nitrogens with zero attached hydrogens (tertiary/aromatic N) is 1. The molecule has 1 amide bonds. The minimum absolute atomic E-state index is 0.0712. The van der Waals surface area contributed by atoms with Gasteiger partial charge < -0.3 is 10.6 Å². The largest absolute Gasteiger partial charge is 0.342 e. The average Bonchev–Trinajstić information content (AvgIpc) is 2.13. The molecule has 0 saturated heterocycles. The molecule has 2 N–H and O–H groups in total. The molecule has 0 aliphatic carbocycles. The van der Waals surface area contributed by atoms with Crippen molar-refractivity contribution in [3.8, 4) is 0 Å². The third-order valence-electron chi connectivity index (χ3n) is 2.86. The maximum atomic E-state index is 12.0. The molecule has 0 heterocycles. The van der Waals surface area contributed by atoms with E-state index in [-0.39, 0.29) is 18.0 Å². The highest BCUT2D eigenvalue weighted by atomic mass is 16.2. The van der Waals surface area contributed by atoms with Crippen LogP contribution in [0.4, 0.5) is 0 Å². The van der Waals surface area contributed by atoms with Crippen LogP contribution >= 0.6 is 0 Å². The van der Waals surface area contributed by atoms with E-state index in [2.05, 4.69) is 34.6 Å². The van der Waals surface area contributed by atoms with Gasteiger partial charge in [0, 0.05) is 13.1 Å². The zero-order valence-electron chi connectivity index (χ0n) is 11.7. The molecule has 0 aromatic rings. The number of carbonyl (C=O) groups excluding carboxylic acids is 1. The third kappa shape index (κ3) is 5.50. The van der Waals surface area contributed by atoms with E-state index >= 15 is 0 Å². The lowest BCUT2D eigenvalue weighted by Gasteiger charge is -2.29. The van der Waals surface area contributed by atoms with Crippen LogP contribution in [0, 0.1) is 11.8 Å². The number of rotatable bonds is 6. The quantitative estimate of drug-likeness (QED) is 0.758. The zero-order chi connectivity index (χ0) is 12.9. The summed E-state index contributed by atoms with van der Waals surface area (Å²) >= 11 is 0. The van der Waals surface area contributed by atoms with Gasteiger partial charge in [-0.1, -0.05) is 27.7 Å². The average molecular weight is 228 g/mol. The molecule has 3 heteroatoms. The first-order valence-corrected chi connectivity index (χ1v) is 6.27. The number of amides is 1. The summed E-state index contributed by atoms with van der Waals surface area (Å²) in [6.07, 6.45) is 1.79. The molecule has 0 aliphatic rings. The van der Waals surface area contributed by atoms with Crippen LogP contribution in [0.1, 0.15) is 47.5 Å². The number of carbonyl (C=O) groups is 1. The van der Waals surface area contributed by atoms with Gasteiger partial charge in [-0.05, 0) is 31.6 Å². The molecule has 0 saturated carbocycles. The van der Waals surface area contributed by atoms with Crippen LogP contribution in [0.15, 0.2) is 0 Å². The van der Waals surface area contributed by atoms with E-state index in [1.165, 1.54) is 0 Å². The van der Waals surface area contributed by atoms with Gasteiger partial charge in [0.25, 0.3) is 0 Å². The minimum Gasteiger partial charge on any atom is -0.342 e. The Morgan fingerprint density at radius 2 is 1.50 bits per heavy atom. The molecule has 0 aromatic heterocycles. The van der Waals surface area contributed by atoms with Gasteiger partial charge in [-0.25, -0.2) is 0 Å². The lowest BCUT2D eigenvalue weighted by molar-refractivity contribution is -0.133. The molecular weight excluding hydrogens is 200 g/mol. The first kappa shape index (κ1) is 15.4. The summed E-state index contributed by atoms with van der Waals surface area (Å²) in [7, 11) is 1.86. The van der Waals surface area contributed by atoms with Crippen molar-refractivity contribution in [2.45, 2.75) is 59.5 Å². The summed E-state index contributed by atoms with van der Waals surface area (Å²) in [5.74, 6) is 1.14. The second-order valence-electron chi connectivity index (χ2n) is 5.66. The number of hydrogen-bond acceptors (Lipinski definition) is 2. The topological polar surface area (TPSA) is 46.3 Å². The highest BCUT2D eigenvalue weighted by Gasteiger charge is 2.22. The van der Waals surface area contributed by atoms with Crippen LogP contribution in [0.25, 0.3) is 0 Å². The Labute approximate surface area is 100 Å². The van der Waals surface area contributed by atoms with Gasteiger partial charge in [-0.3, -0.25) is 4.79 Å². The molecule has 0 bridgehead atoms. The minimum atomic E-state index is -0.348. The Balaban J connectivity index is 4.25. The fourth-order valence-electron chi connectivity index (χ4n) is 1.93. The lowest BCUT2D eigenvalue weighted by atomic mass is 10.0. The van der Waals surface area contributed by atoms with E-state index in [1.54, 1.807) is 4.90 Å². The van der Waals surface area contributed by atoms with Gasteiger partial charge in [0.05, 0.1) is 6.04 Å². The van der Waals surface area contributed by atoms with Crippen LogP contribution in [0.2, 0.25) is 0 Å². The van der Waals surface area contributed by atoms with Crippen LogP contribution in [0.3, 0.4) is 0 Å². The molecule has 0 radical (unpaired) electrons. The first-order valence-electron chi connectivity index (χ1n) is 6.27. The number of likely N-dealkylation sites (N-methyl/N-ethyl adjacent to an activating group) is 1. The summed E-state index contributed by atoms with van der Waals surface area (Å²) in [4.78, 5) is 13.8. The molecule has 0 fully saturated rings. The number of nitrogens with two attached hydrogens (primary N) is 1.